The summed E-state index contributed by atoms with van der Waals surface area (Å²) in [6, 6.07) is 6.18. The number of hydrogen-bond acceptors (Lipinski definition) is 2. The van der Waals surface area contributed by atoms with Crippen LogP contribution in [0.3, 0.4) is 0 Å². The molecule has 2 heterocycles. The molecule has 1 saturated carbocycles. The van der Waals surface area contributed by atoms with Gasteiger partial charge in [-0.15, -0.1) is 0 Å². The molecule has 1 aliphatic carbocycles. The van der Waals surface area contributed by atoms with Crippen LogP contribution in [0, 0.1) is 5.92 Å². The van der Waals surface area contributed by atoms with Crippen molar-refractivity contribution in [3.05, 3.63) is 30.6 Å². The zero-order chi connectivity index (χ0) is 10.8. The zero-order valence-electron chi connectivity index (χ0n) is 9.39. The first-order valence-corrected chi connectivity index (χ1v) is 6.09. The summed E-state index contributed by atoms with van der Waals surface area (Å²) in [5.74, 6) is 2.11. The van der Waals surface area contributed by atoms with Crippen molar-refractivity contribution in [2.45, 2.75) is 25.7 Å². The van der Waals surface area contributed by atoms with Gasteiger partial charge in [0.05, 0.1) is 0 Å². The second-order valence-electron chi connectivity index (χ2n) is 4.58. The first-order chi connectivity index (χ1) is 7.93. The fourth-order valence-corrected chi connectivity index (χ4v) is 2.28. The van der Waals surface area contributed by atoms with E-state index in [-0.39, 0.29) is 0 Å². The molecule has 84 valence electrons. The van der Waals surface area contributed by atoms with Crippen LogP contribution in [0.4, 0.5) is 5.82 Å². The molecule has 0 spiro atoms. The zero-order valence-corrected chi connectivity index (χ0v) is 9.39. The monoisotopic (exact) mass is 215 g/mol. The molecule has 16 heavy (non-hydrogen) atoms. The molecule has 0 atom stereocenters. The van der Waals surface area contributed by atoms with E-state index in [1.165, 1.54) is 25.7 Å². The fourth-order valence-electron chi connectivity index (χ4n) is 2.28. The number of fused-ring (bicyclic) bond motifs is 1. The van der Waals surface area contributed by atoms with Crippen LogP contribution in [0.1, 0.15) is 25.7 Å². The molecular weight excluding hydrogens is 198 g/mol. The molecule has 2 aromatic rings. The summed E-state index contributed by atoms with van der Waals surface area (Å²) in [4.78, 5) is 4.27. The van der Waals surface area contributed by atoms with Gasteiger partial charge in [-0.3, -0.25) is 4.40 Å². The Hall–Kier alpha value is -1.51. The molecule has 0 aliphatic heterocycles. The molecule has 1 N–H and O–H groups in total. The lowest BCUT2D eigenvalue weighted by molar-refractivity contribution is 0.303. The van der Waals surface area contributed by atoms with E-state index in [2.05, 4.69) is 20.8 Å². The number of imidazole rings is 1. The van der Waals surface area contributed by atoms with Crippen molar-refractivity contribution in [2.75, 3.05) is 11.9 Å². The van der Waals surface area contributed by atoms with Gasteiger partial charge in [-0.05, 0) is 24.5 Å². The van der Waals surface area contributed by atoms with Crippen molar-refractivity contribution in [1.29, 1.82) is 0 Å². The van der Waals surface area contributed by atoms with Crippen LogP contribution < -0.4 is 5.32 Å². The van der Waals surface area contributed by atoms with Crippen molar-refractivity contribution in [3.8, 4) is 0 Å². The highest BCUT2D eigenvalue weighted by molar-refractivity contribution is 5.49. The Morgan fingerprint density at radius 2 is 2.31 bits per heavy atom. The molecule has 0 aromatic carbocycles. The Kier molecular flexibility index (Phi) is 2.52. The Morgan fingerprint density at radius 3 is 3.12 bits per heavy atom. The molecule has 1 fully saturated rings. The van der Waals surface area contributed by atoms with Gasteiger partial charge in [0, 0.05) is 18.9 Å². The average molecular weight is 215 g/mol. The normalized spacial score (nSPS) is 16.2. The Bertz CT molecular complexity index is 471. The third-order valence-electron chi connectivity index (χ3n) is 3.51. The molecule has 2 aromatic heterocycles. The third-order valence-corrected chi connectivity index (χ3v) is 3.51. The van der Waals surface area contributed by atoms with Crippen LogP contribution in [-0.4, -0.2) is 15.9 Å². The van der Waals surface area contributed by atoms with E-state index in [9.17, 15) is 0 Å². The van der Waals surface area contributed by atoms with Gasteiger partial charge in [0.15, 0.2) is 0 Å². The van der Waals surface area contributed by atoms with Crippen molar-refractivity contribution < 1.29 is 0 Å². The summed E-state index contributed by atoms with van der Waals surface area (Å²) >= 11 is 0. The number of nitrogens with one attached hydrogen (secondary N) is 1. The minimum absolute atomic E-state index is 0.967. The van der Waals surface area contributed by atoms with E-state index < -0.39 is 0 Å². The average Bonchev–Trinajstić information content (AvgIpc) is 2.70. The van der Waals surface area contributed by atoms with Crippen LogP contribution in [0.5, 0.6) is 0 Å². The highest BCUT2D eigenvalue weighted by Gasteiger charge is 2.16. The molecule has 0 radical (unpaired) electrons. The Labute approximate surface area is 95.5 Å². The first kappa shape index (κ1) is 9.70. The minimum atomic E-state index is 0.967. The molecule has 0 unspecified atom stereocenters. The molecular formula is C13H17N3. The van der Waals surface area contributed by atoms with Gasteiger partial charge in [-0.2, -0.15) is 0 Å². The van der Waals surface area contributed by atoms with E-state index >= 15 is 0 Å². The minimum Gasteiger partial charge on any atom is -0.371 e. The smallest absolute Gasteiger partial charge is 0.138 e. The lowest BCUT2D eigenvalue weighted by Gasteiger charge is -2.25. The Morgan fingerprint density at radius 1 is 1.38 bits per heavy atom. The summed E-state index contributed by atoms with van der Waals surface area (Å²) in [7, 11) is 0. The second kappa shape index (κ2) is 4.16. The molecule has 3 nitrogen and oxygen atoms in total. The molecule has 0 bridgehead atoms. The predicted molar refractivity (Wildman–Crippen MR) is 65.6 cm³/mol. The number of aromatic nitrogens is 2. The summed E-state index contributed by atoms with van der Waals surface area (Å²) in [5.41, 5.74) is 1.01. The summed E-state index contributed by atoms with van der Waals surface area (Å²) in [6.45, 7) is 1.07. The maximum Gasteiger partial charge on any atom is 0.138 e. The highest BCUT2D eigenvalue weighted by Crippen LogP contribution is 2.29. The molecule has 3 rings (SSSR count). The molecule has 1 aliphatic rings. The first-order valence-electron chi connectivity index (χ1n) is 6.09. The van der Waals surface area contributed by atoms with Gasteiger partial charge in [0.2, 0.25) is 0 Å². The lowest BCUT2D eigenvalue weighted by Crippen LogP contribution is -2.16. The van der Waals surface area contributed by atoms with Crippen molar-refractivity contribution in [2.24, 2.45) is 5.92 Å². The van der Waals surface area contributed by atoms with E-state index in [1.807, 2.05) is 24.5 Å². The van der Waals surface area contributed by atoms with E-state index in [0.29, 0.717) is 0 Å². The lowest BCUT2D eigenvalue weighted by atomic mass is 9.83. The van der Waals surface area contributed by atoms with E-state index in [0.717, 1.165) is 23.9 Å². The molecule has 3 heteroatoms. The van der Waals surface area contributed by atoms with Crippen LogP contribution in [0.2, 0.25) is 0 Å². The van der Waals surface area contributed by atoms with Crippen molar-refractivity contribution in [3.63, 3.8) is 0 Å². The quantitative estimate of drug-likeness (QED) is 0.849. The highest BCUT2D eigenvalue weighted by atomic mass is 15.1. The van der Waals surface area contributed by atoms with Crippen molar-refractivity contribution >= 4 is 11.5 Å². The Balaban J connectivity index is 1.66. The molecule has 0 saturated heterocycles. The van der Waals surface area contributed by atoms with Crippen LogP contribution in [0.25, 0.3) is 5.65 Å². The number of nitrogens with zero attached hydrogens (tertiary/aromatic N) is 2. The van der Waals surface area contributed by atoms with Crippen LogP contribution >= 0.6 is 0 Å². The summed E-state index contributed by atoms with van der Waals surface area (Å²) in [6.07, 6.45) is 9.42. The van der Waals surface area contributed by atoms with Crippen LogP contribution in [-0.2, 0) is 0 Å². The fraction of sp³-hybridized carbons (Fsp3) is 0.462. The van der Waals surface area contributed by atoms with Gasteiger partial charge >= 0.3 is 0 Å². The van der Waals surface area contributed by atoms with Gasteiger partial charge in [-0.1, -0.05) is 25.3 Å². The molecule has 0 amide bonds. The standard InChI is InChI=1S/C13H17N3/c1-3-11(4-1)7-8-14-12-5-2-6-13-15-9-10-16(12)13/h2,5-6,9-11,14H,1,3-4,7-8H2. The predicted octanol–water partition coefficient (Wildman–Crippen LogP) is 2.94. The maximum absolute atomic E-state index is 4.27. The van der Waals surface area contributed by atoms with E-state index in [4.69, 9.17) is 0 Å². The number of pyridine rings is 1. The maximum atomic E-state index is 4.27. The van der Waals surface area contributed by atoms with Gasteiger partial charge in [0.1, 0.15) is 11.5 Å². The summed E-state index contributed by atoms with van der Waals surface area (Å²) < 4.78 is 2.10. The van der Waals surface area contributed by atoms with Gasteiger partial charge in [0.25, 0.3) is 0 Å². The second-order valence-corrected chi connectivity index (χ2v) is 4.58. The number of rotatable bonds is 4. The number of anilines is 1. The van der Waals surface area contributed by atoms with Crippen molar-refractivity contribution in [1.82, 2.24) is 9.38 Å². The van der Waals surface area contributed by atoms with E-state index in [1.54, 1.807) is 0 Å². The van der Waals surface area contributed by atoms with Gasteiger partial charge in [-0.25, -0.2) is 4.98 Å². The largest absolute Gasteiger partial charge is 0.371 e. The van der Waals surface area contributed by atoms with Gasteiger partial charge < -0.3 is 5.32 Å². The van der Waals surface area contributed by atoms with Crippen LogP contribution in [0.15, 0.2) is 30.6 Å². The number of hydrogen-bond donors (Lipinski definition) is 1. The summed E-state index contributed by atoms with van der Waals surface area (Å²) in [5, 5.41) is 3.50. The topological polar surface area (TPSA) is 29.3 Å². The SMILES string of the molecule is c1cc(NCCC2CCC2)n2ccnc2c1. The third kappa shape index (κ3) is 1.77.